The van der Waals surface area contributed by atoms with Crippen LogP contribution < -0.4 is 5.32 Å². The first-order valence-corrected chi connectivity index (χ1v) is 12.6. The van der Waals surface area contributed by atoms with E-state index >= 15 is 0 Å². The zero-order valence-corrected chi connectivity index (χ0v) is 22.1. The van der Waals surface area contributed by atoms with Crippen molar-refractivity contribution in [1.82, 2.24) is 15.3 Å². The van der Waals surface area contributed by atoms with Crippen molar-refractivity contribution in [1.29, 1.82) is 0 Å². The van der Waals surface area contributed by atoms with Crippen LogP contribution in [0.25, 0.3) is 22.0 Å². The molecule has 0 bridgehead atoms. The topological polar surface area (TPSA) is 122 Å². The SMILES string of the molecule is COC(C)C1(C(=O)O)C(C)NC(C)C(C(=O)O)(C(C)C)C1c1cncc2ncc(-c3ccccc3)cc12. The first-order chi connectivity index (χ1) is 17.5. The number of hydrogen-bond acceptors (Lipinski definition) is 6. The average molecular weight is 506 g/mol. The van der Waals surface area contributed by atoms with Gasteiger partial charge in [-0.25, -0.2) is 0 Å². The number of carbonyl (C=O) groups is 2. The van der Waals surface area contributed by atoms with E-state index in [-0.39, 0.29) is 0 Å². The predicted molar refractivity (Wildman–Crippen MR) is 141 cm³/mol. The summed E-state index contributed by atoms with van der Waals surface area (Å²) in [4.78, 5) is 35.8. The van der Waals surface area contributed by atoms with Crippen LogP contribution in [0.3, 0.4) is 0 Å². The number of carboxylic acid groups (broad SMARTS) is 2. The largest absolute Gasteiger partial charge is 0.481 e. The van der Waals surface area contributed by atoms with Gasteiger partial charge in [0.25, 0.3) is 0 Å². The molecule has 0 saturated carbocycles. The Morgan fingerprint density at radius 3 is 2.14 bits per heavy atom. The summed E-state index contributed by atoms with van der Waals surface area (Å²) in [7, 11) is 1.46. The van der Waals surface area contributed by atoms with E-state index in [9.17, 15) is 19.8 Å². The summed E-state index contributed by atoms with van der Waals surface area (Å²) in [6, 6.07) is 10.6. The van der Waals surface area contributed by atoms with Gasteiger partial charge in [-0.2, -0.15) is 0 Å². The van der Waals surface area contributed by atoms with Crippen molar-refractivity contribution < 1.29 is 24.5 Å². The molecule has 6 unspecified atom stereocenters. The molecule has 1 fully saturated rings. The fourth-order valence-corrected chi connectivity index (χ4v) is 6.80. The van der Waals surface area contributed by atoms with Gasteiger partial charge in [-0.05, 0) is 43.9 Å². The summed E-state index contributed by atoms with van der Waals surface area (Å²) >= 11 is 0. The highest BCUT2D eigenvalue weighted by molar-refractivity contribution is 5.91. The number of carboxylic acids is 2. The van der Waals surface area contributed by atoms with E-state index in [0.29, 0.717) is 16.5 Å². The molecule has 0 amide bonds. The molecule has 6 atom stereocenters. The average Bonchev–Trinajstić information content (AvgIpc) is 2.87. The Kier molecular flexibility index (Phi) is 7.10. The van der Waals surface area contributed by atoms with E-state index in [0.717, 1.165) is 11.1 Å². The van der Waals surface area contributed by atoms with Crippen molar-refractivity contribution in [2.75, 3.05) is 7.11 Å². The number of benzene rings is 1. The molecule has 0 aliphatic carbocycles. The minimum Gasteiger partial charge on any atom is -0.481 e. The molecule has 0 spiro atoms. The molecule has 37 heavy (non-hydrogen) atoms. The summed E-state index contributed by atoms with van der Waals surface area (Å²) in [5.41, 5.74) is -0.190. The highest BCUT2D eigenvalue weighted by atomic mass is 16.5. The van der Waals surface area contributed by atoms with Gasteiger partial charge in [-0.15, -0.1) is 0 Å². The van der Waals surface area contributed by atoms with Gasteiger partial charge in [0.1, 0.15) is 5.41 Å². The molecule has 1 aliphatic rings. The molecule has 3 N–H and O–H groups in total. The summed E-state index contributed by atoms with van der Waals surface area (Å²) < 4.78 is 5.72. The molecule has 2 aromatic heterocycles. The van der Waals surface area contributed by atoms with Crippen molar-refractivity contribution in [3.63, 3.8) is 0 Å². The number of pyridine rings is 2. The molecule has 8 nitrogen and oxygen atoms in total. The zero-order valence-electron chi connectivity index (χ0n) is 22.1. The number of nitrogens with one attached hydrogen (secondary N) is 1. The Morgan fingerprint density at radius 2 is 1.57 bits per heavy atom. The van der Waals surface area contributed by atoms with Crippen molar-refractivity contribution in [3.05, 3.63) is 60.6 Å². The number of ether oxygens (including phenoxy) is 1. The number of rotatable bonds is 7. The monoisotopic (exact) mass is 505 g/mol. The Hall–Kier alpha value is -3.36. The van der Waals surface area contributed by atoms with Crippen LogP contribution in [0, 0.1) is 16.7 Å². The third kappa shape index (κ3) is 3.81. The lowest BCUT2D eigenvalue weighted by molar-refractivity contribution is -0.190. The second-order valence-corrected chi connectivity index (χ2v) is 10.4. The van der Waals surface area contributed by atoms with E-state index in [2.05, 4.69) is 15.3 Å². The van der Waals surface area contributed by atoms with E-state index in [4.69, 9.17) is 4.74 Å². The van der Waals surface area contributed by atoms with Crippen LogP contribution in [-0.4, -0.2) is 57.4 Å². The van der Waals surface area contributed by atoms with Crippen LogP contribution in [0.15, 0.2) is 55.0 Å². The minimum atomic E-state index is -1.62. The molecule has 3 heterocycles. The number of piperidine rings is 1. The van der Waals surface area contributed by atoms with E-state index in [1.807, 2.05) is 57.2 Å². The molecule has 196 valence electrons. The fourth-order valence-electron chi connectivity index (χ4n) is 6.80. The molecular formula is C29H35N3O5. The number of aromatic nitrogens is 2. The zero-order chi connectivity index (χ0) is 27.1. The van der Waals surface area contributed by atoms with Crippen molar-refractivity contribution in [2.45, 2.75) is 58.7 Å². The van der Waals surface area contributed by atoms with Gasteiger partial charge < -0.3 is 20.3 Å². The highest BCUT2D eigenvalue weighted by Gasteiger charge is 2.70. The van der Waals surface area contributed by atoms with Crippen LogP contribution in [0.1, 0.15) is 46.1 Å². The molecule has 8 heteroatoms. The lowest BCUT2D eigenvalue weighted by atomic mass is 9.47. The molecule has 4 rings (SSSR count). The summed E-state index contributed by atoms with van der Waals surface area (Å²) in [5.74, 6) is -3.58. The number of nitrogens with zero attached hydrogens (tertiary/aromatic N) is 2. The number of fused-ring (bicyclic) bond motifs is 1. The van der Waals surface area contributed by atoms with E-state index < -0.39 is 52.8 Å². The second-order valence-electron chi connectivity index (χ2n) is 10.4. The third-order valence-electron chi connectivity index (χ3n) is 8.67. The summed E-state index contributed by atoms with van der Waals surface area (Å²) in [6.07, 6.45) is 4.19. The minimum absolute atomic E-state index is 0.423. The standard InChI is InChI=1S/C29H35N3O5/c1-16(2)28(26(33)34)17(3)32-18(4)29(27(35)36,19(5)37-6)25(28)23-14-30-15-24-22(23)12-21(13-31-24)20-10-8-7-9-11-20/h7-19,25,32H,1-6H3,(H,33,34)(H,35,36). The quantitative estimate of drug-likeness (QED) is 0.426. The smallest absolute Gasteiger partial charge is 0.314 e. The van der Waals surface area contributed by atoms with Gasteiger partial charge in [0.2, 0.25) is 0 Å². The second kappa shape index (κ2) is 9.84. The van der Waals surface area contributed by atoms with Gasteiger partial charge >= 0.3 is 11.9 Å². The van der Waals surface area contributed by atoms with Crippen LogP contribution in [0.2, 0.25) is 0 Å². The van der Waals surface area contributed by atoms with Gasteiger partial charge in [-0.3, -0.25) is 19.6 Å². The number of hydrogen-bond donors (Lipinski definition) is 3. The first-order valence-electron chi connectivity index (χ1n) is 12.6. The molecule has 1 saturated heterocycles. The van der Waals surface area contributed by atoms with Gasteiger partial charge in [-0.1, -0.05) is 44.2 Å². The third-order valence-corrected chi connectivity index (χ3v) is 8.67. The Morgan fingerprint density at radius 1 is 0.946 bits per heavy atom. The van der Waals surface area contributed by atoms with Crippen LogP contribution >= 0.6 is 0 Å². The Labute approximate surface area is 217 Å². The van der Waals surface area contributed by atoms with E-state index in [1.165, 1.54) is 7.11 Å². The van der Waals surface area contributed by atoms with Crippen molar-refractivity contribution >= 4 is 22.8 Å². The Bertz CT molecular complexity index is 1310. The van der Waals surface area contributed by atoms with Gasteiger partial charge in [0.15, 0.2) is 0 Å². The molecule has 3 aromatic rings. The van der Waals surface area contributed by atoms with Crippen molar-refractivity contribution in [2.24, 2.45) is 16.7 Å². The number of aliphatic carboxylic acids is 2. The summed E-state index contributed by atoms with van der Waals surface area (Å²) in [6.45, 7) is 9.00. The fraction of sp³-hybridized carbons (Fsp3) is 0.448. The van der Waals surface area contributed by atoms with Crippen molar-refractivity contribution in [3.8, 4) is 11.1 Å². The van der Waals surface area contributed by atoms with E-state index in [1.54, 1.807) is 32.4 Å². The van der Waals surface area contributed by atoms with Gasteiger partial charge in [0, 0.05) is 48.5 Å². The van der Waals surface area contributed by atoms with Crippen LogP contribution in [0.4, 0.5) is 0 Å². The Balaban J connectivity index is 2.16. The van der Waals surface area contributed by atoms with Gasteiger partial charge in [0.05, 0.1) is 23.2 Å². The normalized spacial score (nSPS) is 28.8. The maximum atomic E-state index is 13.4. The molecule has 1 aromatic carbocycles. The van der Waals surface area contributed by atoms with Crippen LogP contribution in [-0.2, 0) is 14.3 Å². The molecular weight excluding hydrogens is 470 g/mol. The lowest BCUT2D eigenvalue weighted by Crippen LogP contribution is -2.73. The maximum absolute atomic E-state index is 13.4. The van der Waals surface area contributed by atoms with Crippen LogP contribution in [0.5, 0.6) is 0 Å². The highest BCUT2D eigenvalue weighted by Crippen LogP contribution is 2.61. The number of methoxy groups -OCH3 is 1. The summed E-state index contributed by atoms with van der Waals surface area (Å²) in [5, 5.41) is 25.9. The molecule has 0 radical (unpaired) electrons. The maximum Gasteiger partial charge on any atom is 0.314 e. The first kappa shape index (κ1) is 26.7. The molecule has 1 aliphatic heterocycles. The predicted octanol–water partition coefficient (Wildman–Crippen LogP) is 4.59. The lowest BCUT2D eigenvalue weighted by Gasteiger charge is -2.60.